The molecular formula is C20H20N2O3. The minimum Gasteiger partial charge on any atom is -0.437 e. The third kappa shape index (κ3) is 4.88. The molecule has 0 aromatic heterocycles. The van der Waals surface area contributed by atoms with Gasteiger partial charge in [0.25, 0.3) is 0 Å². The van der Waals surface area contributed by atoms with Crippen molar-refractivity contribution in [1.29, 1.82) is 0 Å². The standard InChI is InChI=1S/C20H20N2O3/c1-24-20(23)25-19-13-11-18(12-14-19)22-17-9-7-16(8-10-17)21-15-5-3-2-4-6-15/h2-7,9-14,16,21-22H,8H2,1H3. The molecule has 2 aromatic carbocycles. The van der Waals surface area contributed by atoms with Gasteiger partial charge in [-0.1, -0.05) is 30.4 Å². The molecule has 0 aliphatic heterocycles. The molecule has 0 radical (unpaired) electrons. The number of allylic oxidation sites excluding steroid dienone is 1. The van der Waals surface area contributed by atoms with Crippen LogP contribution in [0.2, 0.25) is 0 Å². The molecule has 0 amide bonds. The van der Waals surface area contributed by atoms with E-state index in [1.807, 2.05) is 30.3 Å². The van der Waals surface area contributed by atoms with Crippen LogP contribution in [0.3, 0.4) is 0 Å². The molecular weight excluding hydrogens is 316 g/mol. The third-order valence-electron chi connectivity index (χ3n) is 3.74. The zero-order valence-corrected chi connectivity index (χ0v) is 13.9. The van der Waals surface area contributed by atoms with Crippen LogP contribution < -0.4 is 15.4 Å². The summed E-state index contributed by atoms with van der Waals surface area (Å²) in [5.74, 6) is 0.442. The summed E-state index contributed by atoms with van der Waals surface area (Å²) in [6, 6.07) is 17.6. The maximum atomic E-state index is 11.1. The van der Waals surface area contributed by atoms with E-state index in [0.717, 1.165) is 23.5 Å². The molecule has 5 nitrogen and oxygen atoms in total. The second-order valence-corrected chi connectivity index (χ2v) is 5.58. The zero-order chi connectivity index (χ0) is 17.5. The van der Waals surface area contributed by atoms with Gasteiger partial charge in [-0.3, -0.25) is 0 Å². The second kappa shape index (κ2) is 8.06. The number of hydrogen-bond acceptors (Lipinski definition) is 5. The normalized spacial score (nSPS) is 15.9. The fourth-order valence-electron chi connectivity index (χ4n) is 2.48. The number of nitrogens with one attached hydrogen (secondary N) is 2. The number of carbonyl (C=O) groups is 1. The summed E-state index contributed by atoms with van der Waals surface area (Å²) in [7, 11) is 1.28. The van der Waals surface area contributed by atoms with Gasteiger partial charge in [0.15, 0.2) is 0 Å². The summed E-state index contributed by atoms with van der Waals surface area (Å²) < 4.78 is 9.41. The molecule has 0 spiro atoms. The van der Waals surface area contributed by atoms with E-state index in [9.17, 15) is 4.79 Å². The number of para-hydroxylation sites is 1. The lowest BCUT2D eigenvalue weighted by atomic mass is 10.1. The average molecular weight is 336 g/mol. The third-order valence-corrected chi connectivity index (χ3v) is 3.74. The van der Waals surface area contributed by atoms with Gasteiger partial charge in [-0.05, 0) is 48.9 Å². The summed E-state index contributed by atoms with van der Waals surface area (Å²) in [5.41, 5.74) is 3.07. The zero-order valence-electron chi connectivity index (χ0n) is 13.9. The van der Waals surface area contributed by atoms with Crippen molar-refractivity contribution in [2.75, 3.05) is 17.7 Å². The van der Waals surface area contributed by atoms with Crippen LogP contribution in [-0.4, -0.2) is 19.3 Å². The Balaban J connectivity index is 1.52. The van der Waals surface area contributed by atoms with E-state index in [-0.39, 0.29) is 6.04 Å². The van der Waals surface area contributed by atoms with Crippen LogP contribution in [-0.2, 0) is 4.74 Å². The Hall–Kier alpha value is -3.21. The van der Waals surface area contributed by atoms with Gasteiger partial charge in [-0.2, -0.15) is 0 Å². The lowest BCUT2D eigenvalue weighted by Crippen LogP contribution is -2.18. The van der Waals surface area contributed by atoms with Gasteiger partial charge in [0.2, 0.25) is 0 Å². The Bertz CT molecular complexity index is 767. The first-order valence-corrected chi connectivity index (χ1v) is 8.06. The van der Waals surface area contributed by atoms with Crippen LogP contribution in [0.15, 0.2) is 78.5 Å². The predicted octanol–water partition coefficient (Wildman–Crippen LogP) is 4.57. The van der Waals surface area contributed by atoms with E-state index in [0.29, 0.717) is 5.75 Å². The lowest BCUT2D eigenvalue weighted by Gasteiger charge is -2.19. The highest BCUT2D eigenvalue weighted by molar-refractivity contribution is 5.64. The molecule has 0 saturated carbocycles. The van der Waals surface area contributed by atoms with Gasteiger partial charge in [-0.15, -0.1) is 0 Å². The van der Waals surface area contributed by atoms with Crippen molar-refractivity contribution in [2.24, 2.45) is 0 Å². The summed E-state index contributed by atoms with van der Waals surface area (Å²) in [6.07, 6.45) is 6.53. The molecule has 2 N–H and O–H groups in total. The number of ether oxygens (including phenoxy) is 2. The first-order valence-electron chi connectivity index (χ1n) is 8.06. The maximum absolute atomic E-state index is 11.1. The van der Waals surface area contributed by atoms with Crippen LogP contribution in [0.25, 0.3) is 0 Å². The minimum atomic E-state index is -0.726. The molecule has 25 heavy (non-hydrogen) atoms. The Kier molecular flexibility index (Phi) is 5.36. The molecule has 0 saturated heterocycles. The van der Waals surface area contributed by atoms with E-state index in [1.165, 1.54) is 7.11 Å². The van der Waals surface area contributed by atoms with Crippen molar-refractivity contribution in [1.82, 2.24) is 0 Å². The van der Waals surface area contributed by atoms with Crippen molar-refractivity contribution in [2.45, 2.75) is 12.5 Å². The molecule has 0 bridgehead atoms. The number of carbonyl (C=O) groups excluding carboxylic acids is 1. The first-order chi connectivity index (χ1) is 12.2. The molecule has 5 heteroatoms. The second-order valence-electron chi connectivity index (χ2n) is 5.58. The molecule has 1 unspecified atom stereocenters. The first kappa shape index (κ1) is 16.6. The number of methoxy groups -OCH3 is 1. The average Bonchev–Trinajstić information content (AvgIpc) is 2.66. The van der Waals surface area contributed by atoms with E-state index in [4.69, 9.17) is 4.74 Å². The van der Waals surface area contributed by atoms with Crippen molar-refractivity contribution in [3.05, 3.63) is 78.5 Å². The summed E-state index contributed by atoms with van der Waals surface area (Å²) >= 11 is 0. The van der Waals surface area contributed by atoms with Crippen LogP contribution in [0.4, 0.5) is 16.2 Å². The Morgan fingerprint density at radius 2 is 1.80 bits per heavy atom. The highest BCUT2D eigenvalue weighted by Crippen LogP contribution is 2.20. The monoisotopic (exact) mass is 336 g/mol. The molecule has 3 rings (SSSR count). The minimum absolute atomic E-state index is 0.281. The number of rotatable bonds is 5. The molecule has 1 aliphatic carbocycles. The van der Waals surface area contributed by atoms with E-state index in [2.05, 4.69) is 45.7 Å². The van der Waals surface area contributed by atoms with Crippen LogP contribution >= 0.6 is 0 Å². The van der Waals surface area contributed by atoms with Gasteiger partial charge in [-0.25, -0.2) is 4.79 Å². The van der Waals surface area contributed by atoms with E-state index < -0.39 is 6.16 Å². The Morgan fingerprint density at radius 3 is 2.44 bits per heavy atom. The maximum Gasteiger partial charge on any atom is 0.513 e. The molecule has 1 atom stereocenters. The van der Waals surface area contributed by atoms with Crippen LogP contribution in [0.5, 0.6) is 5.75 Å². The molecule has 0 fully saturated rings. The van der Waals surface area contributed by atoms with Gasteiger partial charge >= 0.3 is 6.16 Å². The highest BCUT2D eigenvalue weighted by atomic mass is 16.7. The van der Waals surface area contributed by atoms with Crippen molar-refractivity contribution >= 4 is 17.5 Å². The molecule has 128 valence electrons. The smallest absolute Gasteiger partial charge is 0.437 e. The van der Waals surface area contributed by atoms with Gasteiger partial charge in [0.1, 0.15) is 5.75 Å². The van der Waals surface area contributed by atoms with Crippen molar-refractivity contribution in [3.63, 3.8) is 0 Å². The summed E-state index contributed by atoms with van der Waals surface area (Å²) in [6.45, 7) is 0. The van der Waals surface area contributed by atoms with E-state index >= 15 is 0 Å². The quantitative estimate of drug-likeness (QED) is 0.619. The SMILES string of the molecule is COC(=O)Oc1ccc(NC2=CCC(Nc3ccccc3)C=C2)cc1. The predicted molar refractivity (Wildman–Crippen MR) is 98.8 cm³/mol. The van der Waals surface area contributed by atoms with Crippen LogP contribution in [0.1, 0.15) is 6.42 Å². The van der Waals surface area contributed by atoms with Crippen molar-refractivity contribution in [3.8, 4) is 5.75 Å². The fourth-order valence-corrected chi connectivity index (χ4v) is 2.48. The van der Waals surface area contributed by atoms with E-state index in [1.54, 1.807) is 12.1 Å². The summed E-state index contributed by atoms with van der Waals surface area (Å²) in [5, 5.41) is 6.81. The number of anilines is 2. The van der Waals surface area contributed by atoms with Gasteiger partial charge in [0, 0.05) is 23.1 Å². The van der Waals surface area contributed by atoms with Crippen molar-refractivity contribution < 1.29 is 14.3 Å². The summed E-state index contributed by atoms with van der Waals surface area (Å²) in [4.78, 5) is 11.1. The largest absolute Gasteiger partial charge is 0.513 e. The lowest BCUT2D eigenvalue weighted by molar-refractivity contribution is 0.121. The molecule has 0 heterocycles. The number of hydrogen-bond donors (Lipinski definition) is 2. The Labute approximate surface area is 147 Å². The van der Waals surface area contributed by atoms with Gasteiger partial charge in [0.05, 0.1) is 7.11 Å². The fraction of sp³-hybridized carbons (Fsp3) is 0.150. The Morgan fingerprint density at radius 1 is 1.04 bits per heavy atom. The van der Waals surface area contributed by atoms with Crippen LogP contribution in [0, 0.1) is 0 Å². The van der Waals surface area contributed by atoms with Gasteiger partial charge < -0.3 is 20.1 Å². The topological polar surface area (TPSA) is 59.6 Å². The molecule has 2 aromatic rings. The highest BCUT2D eigenvalue weighted by Gasteiger charge is 2.09. The number of benzene rings is 2. The molecule has 1 aliphatic rings.